The Bertz CT molecular complexity index is 1210. The number of carbonyl (C=O) groups excluding carboxylic acids is 2. The Labute approximate surface area is 182 Å². The lowest BCUT2D eigenvalue weighted by molar-refractivity contribution is -0.384. The summed E-state index contributed by atoms with van der Waals surface area (Å²) >= 11 is 0. The van der Waals surface area contributed by atoms with Gasteiger partial charge in [0, 0.05) is 5.57 Å². The molecule has 10 nitrogen and oxygen atoms in total. The van der Waals surface area contributed by atoms with Crippen LogP contribution in [0.25, 0.3) is 17.4 Å². The summed E-state index contributed by atoms with van der Waals surface area (Å²) in [5.74, 6) is -0.761. The van der Waals surface area contributed by atoms with E-state index < -0.39 is 22.8 Å². The molecule has 0 fully saturated rings. The van der Waals surface area contributed by atoms with E-state index in [4.69, 9.17) is 9.15 Å². The van der Waals surface area contributed by atoms with E-state index in [9.17, 15) is 30.1 Å². The summed E-state index contributed by atoms with van der Waals surface area (Å²) in [6, 6.07) is 9.14. The molecule has 1 aromatic carbocycles. The lowest BCUT2D eigenvalue weighted by Gasteiger charge is -2.28. The van der Waals surface area contributed by atoms with Gasteiger partial charge in [-0.05, 0) is 49.8 Å². The fourth-order valence-corrected chi connectivity index (χ4v) is 3.28. The van der Waals surface area contributed by atoms with Crippen molar-refractivity contribution < 1.29 is 28.8 Å². The summed E-state index contributed by atoms with van der Waals surface area (Å²) in [5.41, 5.74) is 0.00762. The Kier molecular flexibility index (Phi) is 6.22. The van der Waals surface area contributed by atoms with Crippen LogP contribution in [-0.4, -0.2) is 46.5 Å². The van der Waals surface area contributed by atoms with E-state index >= 15 is 0 Å². The Balaban J connectivity index is 2.06. The molecule has 0 aliphatic carbocycles. The number of rotatable bonds is 6. The van der Waals surface area contributed by atoms with Gasteiger partial charge < -0.3 is 14.3 Å². The molecule has 1 unspecified atom stereocenters. The molecule has 0 spiro atoms. The number of hydrogen-bond donors (Lipinski definition) is 1. The number of ether oxygens (including phenoxy) is 1. The van der Waals surface area contributed by atoms with E-state index in [2.05, 4.69) is 0 Å². The number of carbonyl (C=O) groups is 2. The van der Waals surface area contributed by atoms with E-state index in [-0.39, 0.29) is 46.0 Å². The first-order chi connectivity index (χ1) is 15.2. The van der Waals surface area contributed by atoms with E-state index in [1.807, 2.05) is 0 Å². The molecule has 10 heteroatoms. The molecule has 1 aliphatic heterocycles. The van der Waals surface area contributed by atoms with Crippen molar-refractivity contribution >= 4 is 23.6 Å². The van der Waals surface area contributed by atoms with Gasteiger partial charge in [-0.2, -0.15) is 5.26 Å². The molecule has 1 N–H and O–H groups in total. The SMILES string of the molecule is COc1ccc(-c2ccc(/C=C3/C(=O)N(CC(C)O)C(=O)C(C#N)=C3C)o2)c([N+](=O)[O-])c1. The number of nitrogens with zero attached hydrogens (tertiary/aromatic N) is 3. The van der Waals surface area contributed by atoms with Gasteiger partial charge in [0.05, 0.1) is 36.3 Å². The number of nitro groups is 1. The third-order valence-corrected chi connectivity index (χ3v) is 4.85. The first-order valence-corrected chi connectivity index (χ1v) is 9.47. The average molecular weight is 437 g/mol. The molecule has 1 aliphatic rings. The monoisotopic (exact) mass is 437 g/mol. The van der Waals surface area contributed by atoms with Crippen LogP contribution in [0.1, 0.15) is 19.6 Å². The zero-order valence-electron chi connectivity index (χ0n) is 17.5. The highest BCUT2D eigenvalue weighted by Gasteiger charge is 2.36. The van der Waals surface area contributed by atoms with Crippen LogP contribution in [0.4, 0.5) is 5.69 Å². The van der Waals surface area contributed by atoms with Crippen molar-refractivity contribution in [3.8, 4) is 23.1 Å². The Morgan fingerprint density at radius 2 is 2.03 bits per heavy atom. The molecule has 1 aromatic heterocycles. The second-order valence-electron chi connectivity index (χ2n) is 7.08. The van der Waals surface area contributed by atoms with Crippen LogP contribution in [-0.2, 0) is 9.59 Å². The summed E-state index contributed by atoms with van der Waals surface area (Å²) < 4.78 is 10.7. The van der Waals surface area contributed by atoms with Crippen molar-refractivity contribution in [1.29, 1.82) is 5.26 Å². The maximum absolute atomic E-state index is 12.9. The standard InChI is InChI=1S/C22H19N3O7/c1-12(26)11-24-21(27)17(13(2)18(10-23)22(24)28)8-15-5-7-20(32-15)16-6-4-14(31-3)9-19(16)25(29)30/h4-9,12,26H,11H2,1-3H3/b17-8+. The number of β-amino-alcohol motifs (C(OH)–C–C–N with tert-alkyl or cyclic N) is 1. The molecule has 2 heterocycles. The van der Waals surface area contributed by atoms with Crippen molar-refractivity contribution in [2.75, 3.05) is 13.7 Å². The molecule has 0 bridgehead atoms. The van der Waals surface area contributed by atoms with Crippen LogP contribution in [0.15, 0.2) is 51.5 Å². The highest BCUT2D eigenvalue weighted by atomic mass is 16.6. The third-order valence-electron chi connectivity index (χ3n) is 4.85. The fraction of sp³-hybridized carbons (Fsp3) is 0.227. The first-order valence-electron chi connectivity index (χ1n) is 9.47. The maximum Gasteiger partial charge on any atom is 0.284 e. The predicted octanol–water partition coefficient (Wildman–Crippen LogP) is 2.84. The van der Waals surface area contributed by atoms with Gasteiger partial charge in [-0.3, -0.25) is 24.6 Å². The number of aliphatic hydroxyl groups is 1. The summed E-state index contributed by atoms with van der Waals surface area (Å²) in [7, 11) is 1.40. The maximum atomic E-state index is 12.9. The van der Waals surface area contributed by atoms with Gasteiger partial charge in [-0.15, -0.1) is 0 Å². The van der Waals surface area contributed by atoms with E-state index in [0.29, 0.717) is 5.75 Å². The summed E-state index contributed by atoms with van der Waals surface area (Å²) in [5, 5.41) is 30.5. The van der Waals surface area contributed by atoms with Crippen LogP contribution in [0.5, 0.6) is 5.75 Å². The molecule has 0 radical (unpaired) electrons. The molecule has 2 aromatic rings. The molecule has 32 heavy (non-hydrogen) atoms. The highest BCUT2D eigenvalue weighted by molar-refractivity contribution is 6.19. The largest absolute Gasteiger partial charge is 0.497 e. The van der Waals surface area contributed by atoms with Crippen LogP contribution in [0.3, 0.4) is 0 Å². The summed E-state index contributed by atoms with van der Waals surface area (Å²) in [6.07, 6.45) is 0.378. The smallest absolute Gasteiger partial charge is 0.284 e. The van der Waals surface area contributed by atoms with Crippen molar-refractivity contribution in [2.24, 2.45) is 0 Å². The normalized spacial score (nSPS) is 16.3. The number of nitriles is 1. The third kappa shape index (κ3) is 4.14. The minimum Gasteiger partial charge on any atom is -0.497 e. The lowest BCUT2D eigenvalue weighted by Crippen LogP contribution is -2.45. The molecule has 3 rings (SSSR count). The molecular formula is C22H19N3O7. The zero-order valence-corrected chi connectivity index (χ0v) is 17.5. The quantitative estimate of drug-likeness (QED) is 0.314. The second kappa shape index (κ2) is 8.87. The number of methoxy groups -OCH3 is 1. The predicted molar refractivity (Wildman–Crippen MR) is 112 cm³/mol. The van der Waals surface area contributed by atoms with Crippen LogP contribution >= 0.6 is 0 Å². The fourth-order valence-electron chi connectivity index (χ4n) is 3.28. The Morgan fingerprint density at radius 3 is 2.62 bits per heavy atom. The Hall–Kier alpha value is -4.23. The topological polar surface area (TPSA) is 147 Å². The molecule has 0 saturated heterocycles. The van der Waals surface area contributed by atoms with Gasteiger partial charge in [0.15, 0.2) is 0 Å². The molecule has 2 amide bonds. The van der Waals surface area contributed by atoms with Crippen LogP contribution < -0.4 is 4.74 Å². The zero-order chi connectivity index (χ0) is 23.6. The van der Waals surface area contributed by atoms with E-state index in [1.165, 1.54) is 51.3 Å². The molecule has 0 saturated carbocycles. The van der Waals surface area contributed by atoms with Gasteiger partial charge in [0.1, 0.15) is 28.9 Å². The second-order valence-corrected chi connectivity index (χ2v) is 7.08. The number of amides is 2. The van der Waals surface area contributed by atoms with Gasteiger partial charge >= 0.3 is 0 Å². The number of nitro benzene ring substituents is 1. The first kappa shape index (κ1) is 22.5. The number of aliphatic hydroxyl groups excluding tert-OH is 1. The van der Waals surface area contributed by atoms with Crippen molar-refractivity contribution in [3.05, 3.63) is 62.9 Å². The minimum absolute atomic E-state index is 0.0481. The van der Waals surface area contributed by atoms with Gasteiger partial charge in [0.25, 0.3) is 17.5 Å². The number of furan rings is 1. The minimum atomic E-state index is -0.978. The van der Waals surface area contributed by atoms with E-state index in [1.54, 1.807) is 12.1 Å². The number of hydrogen-bond acceptors (Lipinski definition) is 8. The summed E-state index contributed by atoms with van der Waals surface area (Å²) in [6.45, 7) is 2.62. The van der Waals surface area contributed by atoms with Crippen LogP contribution in [0.2, 0.25) is 0 Å². The highest BCUT2D eigenvalue weighted by Crippen LogP contribution is 2.35. The van der Waals surface area contributed by atoms with Crippen LogP contribution in [0, 0.1) is 21.4 Å². The number of benzene rings is 1. The number of imide groups is 1. The summed E-state index contributed by atoms with van der Waals surface area (Å²) in [4.78, 5) is 37.0. The molecule has 1 atom stereocenters. The van der Waals surface area contributed by atoms with Crippen molar-refractivity contribution in [2.45, 2.75) is 20.0 Å². The van der Waals surface area contributed by atoms with Crippen molar-refractivity contribution in [1.82, 2.24) is 4.90 Å². The van der Waals surface area contributed by atoms with E-state index in [0.717, 1.165) is 4.90 Å². The lowest BCUT2D eigenvalue weighted by atomic mass is 9.94. The van der Waals surface area contributed by atoms with Gasteiger partial charge in [0.2, 0.25) is 0 Å². The van der Waals surface area contributed by atoms with Crippen molar-refractivity contribution in [3.63, 3.8) is 0 Å². The van der Waals surface area contributed by atoms with Gasteiger partial charge in [-0.25, -0.2) is 0 Å². The molecule has 164 valence electrons. The Morgan fingerprint density at radius 1 is 1.31 bits per heavy atom. The molecular weight excluding hydrogens is 418 g/mol. The van der Waals surface area contributed by atoms with Gasteiger partial charge in [-0.1, -0.05) is 0 Å². The average Bonchev–Trinajstić information content (AvgIpc) is 3.22.